The molecule has 1 aromatic carbocycles. The van der Waals surface area contributed by atoms with Crippen LogP contribution in [-0.2, 0) is 10.8 Å². The minimum Gasteiger partial charge on any atom is -0.324 e. The molecule has 3 heterocycles. The first-order chi connectivity index (χ1) is 16.8. The average molecular weight is 518 g/mol. The fourth-order valence-electron chi connectivity index (χ4n) is 4.28. The highest BCUT2D eigenvalue weighted by Crippen LogP contribution is 2.26. The summed E-state index contributed by atoms with van der Waals surface area (Å²) in [7, 11) is -1.02. The maximum atomic E-state index is 13.1. The van der Waals surface area contributed by atoms with Crippen molar-refractivity contribution < 1.29 is 4.21 Å². The van der Waals surface area contributed by atoms with Crippen molar-refractivity contribution in [1.29, 1.82) is 0 Å². The summed E-state index contributed by atoms with van der Waals surface area (Å²) in [5.41, 5.74) is 2.07. The van der Waals surface area contributed by atoms with Crippen LogP contribution in [0.4, 0.5) is 11.6 Å². The first-order valence-corrected chi connectivity index (χ1v) is 14.0. The zero-order valence-electron chi connectivity index (χ0n) is 21.5. The number of aromatic nitrogens is 3. The van der Waals surface area contributed by atoms with E-state index in [2.05, 4.69) is 27.1 Å². The van der Waals surface area contributed by atoms with Gasteiger partial charge in [0.1, 0.15) is 10.7 Å². The molecular formula is C26H36ClN5O2S. The Labute approximate surface area is 215 Å². The van der Waals surface area contributed by atoms with E-state index in [1.807, 2.05) is 52.8 Å². The SMILES string of the molecule is CC.CCN1CCC(S(=O)c2ccc(Nc3ncc4cc(Cl)c(=O)n(C(C)C)c4n3)c(C)c2)CC1. The summed E-state index contributed by atoms with van der Waals surface area (Å²) in [6.45, 7) is 15.1. The number of nitrogens with zero attached hydrogens (tertiary/aromatic N) is 4. The van der Waals surface area contributed by atoms with Gasteiger partial charge in [-0.25, -0.2) is 4.98 Å². The number of pyridine rings is 1. The van der Waals surface area contributed by atoms with Crippen molar-refractivity contribution in [3.05, 3.63) is 51.4 Å². The quantitative estimate of drug-likeness (QED) is 0.452. The van der Waals surface area contributed by atoms with Crippen LogP contribution < -0.4 is 10.9 Å². The molecule has 35 heavy (non-hydrogen) atoms. The molecule has 0 saturated carbocycles. The second kappa shape index (κ2) is 12.1. The second-order valence-corrected chi connectivity index (χ2v) is 10.9. The van der Waals surface area contributed by atoms with E-state index in [-0.39, 0.29) is 21.9 Å². The van der Waals surface area contributed by atoms with E-state index >= 15 is 0 Å². The van der Waals surface area contributed by atoms with Crippen LogP contribution in [0, 0.1) is 6.92 Å². The number of hydrogen-bond acceptors (Lipinski definition) is 6. The van der Waals surface area contributed by atoms with Gasteiger partial charge in [-0.2, -0.15) is 4.98 Å². The Kier molecular flexibility index (Phi) is 9.44. The lowest BCUT2D eigenvalue weighted by Crippen LogP contribution is -2.37. The average Bonchev–Trinajstić information content (AvgIpc) is 2.86. The molecule has 1 aliphatic heterocycles. The van der Waals surface area contributed by atoms with E-state index in [4.69, 9.17) is 11.6 Å². The molecule has 7 nitrogen and oxygen atoms in total. The minimum atomic E-state index is -1.02. The Bertz CT molecular complexity index is 1250. The molecule has 9 heteroatoms. The van der Waals surface area contributed by atoms with Crippen LogP contribution in [-0.4, -0.2) is 48.5 Å². The maximum Gasteiger partial charge on any atom is 0.271 e. The summed E-state index contributed by atoms with van der Waals surface area (Å²) in [6, 6.07) is 7.33. The molecule has 1 aliphatic rings. The Morgan fingerprint density at radius 1 is 1.20 bits per heavy atom. The van der Waals surface area contributed by atoms with E-state index in [1.165, 1.54) is 0 Å². The number of anilines is 2. The van der Waals surface area contributed by atoms with Crippen LogP contribution in [0.3, 0.4) is 0 Å². The maximum absolute atomic E-state index is 13.1. The van der Waals surface area contributed by atoms with Gasteiger partial charge in [0.05, 0.1) is 10.8 Å². The number of aryl methyl sites for hydroxylation is 1. The molecule has 1 N–H and O–H groups in total. The molecule has 0 bridgehead atoms. The van der Waals surface area contributed by atoms with Crippen molar-refractivity contribution in [3.63, 3.8) is 0 Å². The standard InChI is InChI=1S/C24H30ClN5O2S.C2H6/c1-5-29-10-8-18(9-11-29)33(32)19-6-7-21(16(4)12-19)27-24-26-14-17-13-20(25)23(31)30(15(2)3)22(17)28-24;1-2/h6-7,12-15,18H,5,8-11H2,1-4H3,(H,26,27,28);1-2H3. The molecule has 1 saturated heterocycles. The zero-order chi connectivity index (χ0) is 25.7. The zero-order valence-corrected chi connectivity index (χ0v) is 23.0. The Morgan fingerprint density at radius 2 is 1.89 bits per heavy atom. The van der Waals surface area contributed by atoms with Crippen molar-refractivity contribution in [2.45, 2.75) is 70.6 Å². The number of piperidine rings is 1. The number of hydrogen-bond donors (Lipinski definition) is 1. The summed E-state index contributed by atoms with van der Waals surface area (Å²) in [6.07, 6.45) is 3.59. The number of fused-ring (bicyclic) bond motifs is 1. The molecule has 190 valence electrons. The number of benzene rings is 1. The van der Waals surface area contributed by atoms with Gasteiger partial charge in [0, 0.05) is 33.5 Å². The summed E-state index contributed by atoms with van der Waals surface area (Å²) >= 11 is 6.11. The third kappa shape index (κ3) is 6.11. The molecule has 2 aromatic heterocycles. The molecule has 1 unspecified atom stereocenters. The second-order valence-electron chi connectivity index (χ2n) is 8.77. The molecular weight excluding hydrogens is 482 g/mol. The molecule has 1 atom stereocenters. The molecule has 0 aliphatic carbocycles. The molecule has 0 radical (unpaired) electrons. The van der Waals surface area contributed by atoms with Gasteiger partial charge in [0.25, 0.3) is 5.56 Å². The Hall–Kier alpha value is -2.29. The highest BCUT2D eigenvalue weighted by molar-refractivity contribution is 7.85. The van der Waals surface area contributed by atoms with Crippen LogP contribution in [0.15, 0.2) is 40.2 Å². The van der Waals surface area contributed by atoms with Gasteiger partial charge >= 0.3 is 0 Å². The highest BCUT2D eigenvalue weighted by atomic mass is 35.5. The van der Waals surface area contributed by atoms with Crippen LogP contribution in [0.1, 0.15) is 59.1 Å². The smallest absolute Gasteiger partial charge is 0.271 e. The summed E-state index contributed by atoms with van der Waals surface area (Å²) in [5, 5.41) is 4.31. The lowest BCUT2D eigenvalue weighted by atomic mass is 10.1. The predicted molar refractivity (Wildman–Crippen MR) is 147 cm³/mol. The minimum absolute atomic E-state index is 0.0957. The monoisotopic (exact) mass is 517 g/mol. The Balaban J connectivity index is 0.00000167. The fraction of sp³-hybridized carbons (Fsp3) is 0.500. The number of rotatable bonds is 6. The molecule has 0 spiro atoms. The lowest BCUT2D eigenvalue weighted by Gasteiger charge is -2.30. The topological polar surface area (TPSA) is 80.1 Å². The van der Waals surface area contributed by atoms with Gasteiger partial charge in [-0.1, -0.05) is 32.4 Å². The first-order valence-electron chi connectivity index (χ1n) is 12.4. The van der Waals surface area contributed by atoms with E-state index < -0.39 is 10.8 Å². The molecule has 4 rings (SSSR count). The normalized spacial score (nSPS) is 15.7. The summed E-state index contributed by atoms with van der Waals surface area (Å²) in [5.74, 6) is 0.391. The molecule has 1 fully saturated rings. The van der Waals surface area contributed by atoms with Gasteiger partial charge in [-0.15, -0.1) is 0 Å². The fourth-order valence-corrected chi connectivity index (χ4v) is 6.01. The van der Waals surface area contributed by atoms with E-state index in [0.29, 0.717) is 17.0 Å². The van der Waals surface area contributed by atoms with Crippen LogP contribution in [0.5, 0.6) is 0 Å². The van der Waals surface area contributed by atoms with Crippen molar-refractivity contribution >= 4 is 45.1 Å². The largest absolute Gasteiger partial charge is 0.324 e. The van der Waals surface area contributed by atoms with Crippen LogP contribution in [0.2, 0.25) is 5.02 Å². The van der Waals surface area contributed by atoms with E-state index in [9.17, 15) is 9.00 Å². The van der Waals surface area contributed by atoms with Crippen molar-refractivity contribution in [2.75, 3.05) is 25.0 Å². The number of likely N-dealkylation sites (tertiary alicyclic amines) is 1. The van der Waals surface area contributed by atoms with Gasteiger partial charge in [-0.05, 0) is 83.1 Å². The third-order valence-electron chi connectivity index (χ3n) is 6.21. The van der Waals surface area contributed by atoms with E-state index in [1.54, 1.807) is 16.8 Å². The summed E-state index contributed by atoms with van der Waals surface area (Å²) < 4.78 is 14.7. The van der Waals surface area contributed by atoms with Crippen LogP contribution in [0.25, 0.3) is 11.0 Å². The first kappa shape index (κ1) is 27.3. The predicted octanol–water partition coefficient (Wildman–Crippen LogP) is 5.70. The molecule has 0 amide bonds. The van der Waals surface area contributed by atoms with Crippen molar-refractivity contribution in [1.82, 2.24) is 19.4 Å². The Morgan fingerprint density at radius 3 is 2.49 bits per heavy atom. The number of halogens is 1. The van der Waals surface area contributed by atoms with Gasteiger partial charge in [-0.3, -0.25) is 13.6 Å². The molecule has 3 aromatic rings. The van der Waals surface area contributed by atoms with E-state index in [0.717, 1.165) is 48.6 Å². The van der Waals surface area contributed by atoms with Crippen molar-refractivity contribution in [2.24, 2.45) is 0 Å². The van der Waals surface area contributed by atoms with Crippen molar-refractivity contribution in [3.8, 4) is 0 Å². The highest BCUT2D eigenvalue weighted by Gasteiger charge is 2.24. The third-order valence-corrected chi connectivity index (χ3v) is 8.27. The van der Waals surface area contributed by atoms with Crippen LogP contribution >= 0.6 is 11.6 Å². The number of nitrogens with one attached hydrogen (secondary N) is 1. The lowest BCUT2D eigenvalue weighted by molar-refractivity contribution is 0.243. The van der Waals surface area contributed by atoms with Gasteiger partial charge < -0.3 is 10.2 Å². The van der Waals surface area contributed by atoms with Gasteiger partial charge in [0.15, 0.2) is 0 Å². The summed E-state index contributed by atoms with van der Waals surface area (Å²) in [4.78, 5) is 24.8. The van der Waals surface area contributed by atoms with Gasteiger partial charge in [0.2, 0.25) is 5.95 Å².